The van der Waals surface area contributed by atoms with Crippen LogP contribution in [0.3, 0.4) is 0 Å². The molecule has 7 nitrogen and oxygen atoms in total. The first-order valence-electron chi connectivity index (χ1n) is 10.5. The van der Waals surface area contributed by atoms with Crippen LogP contribution in [0.2, 0.25) is 5.02 Å². The highest BCUT2D eigenvalue weighted by atomic mass is 35.5. The van der Waals surface area contributed by atoms with Crippen molar-refractivity contribution in [2.24, 2.45) is 5.92 Å². The molecule has 0 bridgehead atoms. The molecule has 0 aliphatic heterocycles. The molecule has 2 fully saturated rings. The number of benzene rings is 2. The third-order valence-electron chi connectivity index (χ3n) is 6.13. The van der Waals surface area contributed by atoms with Gasteiger partial charge in [-0.05, 0) is 68.2 Å². The van der Waals surface area contributed by atoms with Gasteiger partial charge in [0.05, 0.1) is 32.8 Å². The fourth-order valence-electron chi connectivity index (χ4n) is 3.86. The molecule has 0 radical (unpaired) electrons. The number of carboxylic acids is 1. The largest absolute Gasteiger partial charge is 0.488 e. The van der Waals surface area contributed by atoms with E-state index in [0.29, 0.717) is 11.5 Å². The Bertz CT molecular complexity index is 1210. The summed E-state index contributed by atoms with van der Waals surface area (Å²) in [5.41, 5.74) is 0.676. The topological polar surface area (TPSA) is 116 Å². The second kappa shape index (κ2) is 8.64. The molecule has 2 aliphatic carbocycles. The maximum Gasteiger partial charge on any atom is 0.335 e. The first-order chi connectivity index (χ1) is 15.2. The normalized spacial score (nSPS) is 17.2. The van der Waals surface area contributed by atoms with Gasteiger partial charge >= 0.3 is 5.97 Å². The zero-order valence-corrected chi connectivity index (χ0v) is 19.0. The van der Waals surface area contributed by atoms with Gasteiger partial charge in [-0.25, -0.2) is 13.2 Å². The number of sulfonamides is 1. The lowest BCUT2D eigenvalue weighted by Gasteiger charge is -2.32. The van der Waals surface area contributed by atoms with E-state index < -0.39 is 16.0 Å². The summed E-state index contributed by atoms with van der Waals surface area (Å²) < 4.78 is 35.3. The number of halogens is 1. The van der Waals surface area contributed by atoms with Gasteiger partial charge in [0.15, 0.2) is 0 Å². The zero-order chi connectivity index (χ0) is 23.0. The van der Waals surface area contributed by atoms with Crippen molar-refractivity contribution < 1.29 is 23.1 Å². The first-order valence-corrected chi connectivity index (χ1v) is 12.4. The van der Waals surface area contributed by atoms with E-state index in [1.54, 1.807) is 6.07 Å². The van der Waals surface area contributed by atoms with Crippen molar-refractivity contribution in [2.75, 3.05) is 4.72 Å². The summed E-state index contributed by atoms with van der Waals surface area (Å²) >= 11 is 6.19. The van der Waals surface area contributed by atoms with E-state index in [0.717, 1.165) is 32.1 Å². The number of nitrogens with zero attached hydrogens (tertiary/aromatic N) is 1. The lowest BCUT2D eigenvalue weighted by molar-refractivity contribution is 0.0696. The van der Waals surface area contributed by atoms with E-state index in [-0.39, 0.29) is 44.5 Å². The minimum Gasteiger partial charge on any atom is -0.488 e. The molecule has 0 amide bonds. The zero-order valence-electron chi connectivity index (χ0n) is 17.5. The molecule has 9 heteroatoms. The number of carbonyl (C=O) groups is 1. The van der Waals surface area contributed by atoms with E-state index in [1.807, 2.05) is 13.0 Å². The van der Waals surface area contributed by atoms with Crippen LogP contribution in [0, 0.1) is 17.2 Å². The van der Waals surface area contributed by atoms with Crippen LogP contribution in [0.1, 0.15) is 66.4 Å². The smallest absolute Gasteiger partial charge is 0.335 e. The monoisotopic (exact) mass is 474 g/mol. The van der Waals surface area contributed by atoms with Gasteiger partial charge in [0.25, 0.3) is 10.0 Å². The van der Waals surface area contributed by atoms with Gasteiger partial charge in [0.1, 0.15) is 11.8 Å². The molecule has 2 aliphatic rings. The van der Waals surface area contributed by atoms with Gasteiger partial charge in [-0.2, -0.15) is 5.26 Å². The first kappa shape index (κ1) is 22.4. The van der Waals surface area contributed by atoms with Crippen molar-refractivity contribution in [1.29, 1.82) is 5.26 Å². The minimum absolute atomic E-state index is 0.0775. The standard InChI is InChI=1S/C23H23ClN2O5S/c1-13(14-3-2-4-14)31-21-11-19(24)17(12-25)9-20(21)26-32(29,30)22-10-16(23(27)28)7-8-18(22)15-5-6-15/h7-11,13-15,26H,2-6H2,1H3,(H,27,28)/t13-/m1/s1. The minimum atomic E-state index is -4.16. The molecule has 1 atom stereocenters. The Morgan fingerprint density at radius 3 is 2.53 bits per heavy atom. The van der Waals surface area contributed by atoms with Gasteiger partial charge in [-0.1, -0.05) is 24.1 Å². The van der Waals surface area contributed by atoms with Crippen molar-refractivity contribution in [3.05, 3.63) is 52.0 Å². The molecule has 0 unspecified atom stereocenters. The summed E-state index contributed by atoms with van der Waals surface area (Å²) in [5.74, 6) is -0.513. The summed E-state index contributed by atoms with van der Waals surface area (Å²) in [7, 11) is -4.16. The molecule has 4 rings (SSSR count). The van der Waals surface area contributed by atoms with E-state index in [9.17, 15) is 23.6 Å². The Kier molecular flexibility index (Phi) is 6.06. The van der Waals surface area contributed by atoms with Crippen LogP contribution >= 0.6 is 11.6 Å². The molecule has 32 heavy (non-hydrogen) atoms. The van der Waals surface area contributed by atoms with Crippen LogP contribution in [0.25, 0.3) is 0 Å². The Hall–Kier alpha value is -2.76. The van der Waals surface area contributed by atoms with Gasteiger partial charge in [-0.15, -0.1) is 0 Å². The molecule has 0 aromatic heterocycles. The number of nitrogens with one attached hydrogen (secondary N) is 1. The third kappa shape index (κ3) is 4.54. The van der Waals surface area contributed by atoms with Gasteiger partial charge in [0.2, 0.25) is 0 Å². The van der Waals surface area contributed by atoms with E-state index >= 15 is 0 Å². The number of hydrogen-bond acceptors (Lipinski definition) is 5. The second-order valence-electron chi connectivity index (χ2n) is 8.39. The average molecular weight is 475 g/mol. The maximum absolute atomic E-state index is 13.4. The molecule has 2 saturated carbocycles. The number of carboxylic acid groups (broad SMARTS) is 1. The number of ether oxygens (including phenoxy) is 1. The Morgan fingerprint density at radius 1 is 1.25 bits per heavy atom. The molecule has 168 valence electrons. The van der Waals surface area contributed by atoms with E-state index in [2.05, 4.69) is 4.72 Å². The highest BCUT2D eigenvalue weighted by Gasteiger charge is 2.32. The van der Waals surface area contributed by atoms with Gasteiger partial charge < -0.3 is 9.84 Å². The highest BCUT2D eigenvalue weighted by molar-refractivity contribution is 7.92. The predicted molar refractivity (Wildman–Crippen MR) is 120 cm³/mol. The molecule has 0 spiro atoms. The number of aromatic carboxylic acids is 1. The second-order valence-corrected chi connectivity index (χ2v) is 10.4. The average Bonchev–Trinajstić information content (AvgIpc) is 3.53. The fraction of sp³-hybridized carbons (Fsp3) is 0.391. The van der Waals surface area contributed by atoms with E-state index in [4.69, 9.17) is 16.3 Å². The number of hydrogen-bond donors (Lipinski definition) is 2. The van der Waals surface area contributed by atoms with Gasteiger partial charge in [0, 0.05) is 6.07 Å². The number of anilines is 1. The SMILES string of the molecule is C[C@@H](Oc1cc(Cl)c(C#N)cc1NS(=O)(=O)c1cc(C(=O)O)ccc1C1CC1)C1CCC1. The predicted octanol–water partition coefficient (Wildman–Crippen LogP) is 5.16. The molecule has 0 saturated heterocycles. The lowest BCUT2D eigenvalue weighted by Crippen LogP contribution is -2.29. The van der Waals surface area contributed by atoms with Crippen LogP contribution in [0.4, 0.5) is 5.69 Å². The molecular weight excluding hydrogens is 452 g/mol. The Labute approximate surface area is 192 Å². The summed E-state index contributed by atoms with van der Waals surface area (Å²) in [6.07, 6.45) is 4.77. The fourth-order valence-corrected chi connectivity index (χ4v) is 5.44. The molecule has 2 aromatic rings. The van der Waals surface area contributed by atoms with Gasteiger partial charge in [-0.3, -0.25) is 4.72 Å². The van der Waals surface area contributed by atoms with Crippen LogP contribution in [0.15, 0.2) is 35.2 Å². The molecule has 0 heterocycles. The van der Waals surface area contributed by atoms with Crippen LogP contribution in [0.5, 0.6) is 5.75 Å². The Morgan fingerprint density at radius 2 is 1.97 bits per heavy atom. The highest BCUT2D eigenvalue weighted by Crippen LogP contribution is 2.44. The van der Waals surface area contributed by atoms with Crippen molar-refractivity contribution >= 4 is 33.3 Å². The van der Waals surface area contributed by atoms with Crippen molar-refractivity contribution in [1.82, 2.24) is 0 Å². The van der Waals surface area contributed by atoms with Crippen molar-refractivity contribution in [2.45, 2.75) is 55.9 Å². The summed E-state index contributed by atoms with van der Waals surface area (Å²) in [5, 5.41) is 18.9. The third-order valence-corrected chi connectivity index (χ3v) is 7.86. The molecule has 2 N–H and O–H groups in total. The van der Waals surface area contributed by atoms with Crippen LogP contribution in [-0.2, 0) is 10.0 Å². The molecular formula is C23H23ClN2O5S. The summed E-state index contributed by atoms with van der Waals surface area (Å²) in [6, 6.07) is 8.90. The van der Waals surface area contributed by atoms with Crippen molar-refractivity contribution in [3.63, 3.8) is 0 Å². The number of rotatable bonds is 8. The van der Waals surface area contributed by atoms with E-state index in [1.165, 1.54) is 24.3 Å². The lowest BCUT2D eigenvalue weighted by atomic mass is 9.82. The summed E-state index contributed by atoms with van der Waals surface area (Å²) in [6.45, 7) is 1.93. The number of nitriles is 1. The maximum atomic E-state index is 13.4. The molecule has 2 aromatic carbocycles. The van der Waals surface area contributed by atoms with Crippen molar-refractivity contribution in [3.8, 4) is 11.8 Å². The summed E-state index contributed by atoms with van der Waals surface area (Å²) in [4.78, 5) is 11.4. The van der Waals surface area contributed by atoms with Crippen LogP contribution < -0.4 is 9.46 Å². The Balaban J connectivity index is 1.73. The quantitative estimate of drug-likeness (QED) is 0.546. The van der Waals surface area contributed by atoms with Crippen LogP contribution in [-0.4, -0.2) is 25.6 Å².